The van der Waals surface area contributed by atoms with Crippen LogP contribution in [0.25, 0.3) is 0 Å². The lowest BCUT2D eigenvalue weighted by molar-refractivity contribution is -0.137. The van der Waals surface area contributed by atoms with Gasteiger partial charge in [0.2, 0.25) is 0 Å². The van der Waals surface area contributed by atoms with Gasteiger partial charge in [-0.25, -0.2) is 0 Å². The Bertz CT molecular complexity index is 582. The number of alkyl halides is 3. The highest BCUT2D eigenvalue weighted by atomic mass is 32.1. The van der Waals surface area contributed by atoms with E-state index in [1.165, 1.54) is 23.7 Å². The third-order valence-corrected chi connectivity index (χ3v) is 3.90. The van der Waals surface area contributed by atoms with E-state index in [2.05, 4.69) is 14.9 Å². The van der Waals surface area contributed by atoms with Crippen LogP contribution in [0.15, 0.2) is 24.4 Å². The highest BCUT2D eigenvalue weighted by Crippen LogP contribution is 2.33. The molecule has 1 N–H and O–H groups in total. The first-order valence-electron chi connectivity index (χ1n) is 6.62. The molecule has 2 rings (SSSR count). The van der Waals surface area contributed by atoms with Crippen LogP contribution in [-0.4, -0.2) is 16.1 Å². The SMILES string of the molecule is CCCNC(c1cnns1)c1ccc(C(F)(F)F)cc1C. The number of benzene rings is 1. The van der Waals surface area contributed by atoms with Crippen LogP contribution in [0.1, 0.15) is 41.0 Å². The summed E-state index contributed by atoms with van der Waals surface area (Å²) >= 11 is 1.25. The van der Waals surface area contributed by atoms with Gasteiger partial charge in [-0.05, 0) is 54.7 Å². The summed E-state index contributed by atoms with van der Waals surface area (Å²) in [4.78, 5) is 0.895. The first kappa shape index (κ1) is 15.9. The lowest BCUT2D eigenvalue weighted by atomic mass is 9.97. The van der Waals surface area contributed by atoms with Crippen molar-refractivity contribution in [3.63, 3.8) is 0 Å². The minimum absolute atomic E-state index is 0.174. The predicted molar refractivity (Wildman–Crippen MR) is 76.2 cm³/mol. The van der Waals surface area contributed by atoms with Crippen molar-refractivity contribution in [1.29, 1.82) is 0 Å². The van der Waals surface area contributed by atoms with Gasteiger partial charge >= 0.3 is 6.18 Å². The van der Waals surface area contributed by atoms with Crippen LogP contribution >= 0.6 is 11.5 Å². The quantitative estimate of drug-likeness (QED) is 0.907. The van der Waals surface area contributed by atoms with Crippen molar-refractivity contribution in [2.45, 2.75) is 32.5 Å². The Labute approximate surface area is 125 Å². The average Bonchev–Trinajstić information content (AvgIpc) is 2.93. The Balaban J connectivity index is 2.36. The molecule has 2 aromatic rings. The molecule has 1 unspecified atom stereocenters. The van der Waals surface area contributed by atoms with Crippen molar-refractivity contribution in [1.82, 2.24) is 14.9 Å². The fraction of sp³-hybridized carbons (Fsp3) is 0.429. The number of hydrogen-bond acceptors (Lipinski definition) is 4. The summed E-state index contributed by atoms with van der Waals surface area (Å²) in [7, 11) is 0. The Kier molecular flexibility index (Phi) is 4.95. The summed E-state index contributed by atoms with van der Waals surface area (Å²) in [5, 5.41) is 7.15. The van der Waals surface area contributed by atoms with Crippen LogP contribution in [0.5, 0.6) is 0 Å². The minimum atomic E-state index is -4.32. The third-order valence-electron chi connectivity index (χ3n) is 3.17. The second kappa shape index (κ2) is 6.53. The van der Waals surface area contributed by atoms with Gasteiger partial charge in [-0.3, -0.25) is 0 Å². The Morgan fingerprint density at radius 2 is 2.10 bits per heavy atom. The summed E-state index contributed by atoms with van der Waals surface area (Å²) in [6.07, 6.45) is -1.74. The fourth-order valence-electron chi connectivity index (χ4n) is 2.13. The first-order valence-corrected chi connectivity index (χ1v) is 7.39. The molecule has 1 aromatic heterocycles. The van der Waals surface area contributed by atoms with Crippen molar-refractivity contribution in [2.24, 2.45) is 0 Å². The number of aromatic nitrogens is 2. The second-order valence-electron chi connectivity index (χ2n) is 4.78. The Morgan fingerprint density at radius 1 is 1.33 bits per heavy atom. The van der Waals surface area contributed by atoms with E-state index in [0.29, 0.717) is 5.56 Å². The molecule has 0 radical (unpaired) electrons. The lowest BCUT2D eigenvalue weighted by Gasteiger charge is -2.20. The van der Waals surface area contributed by atoms with E-state index in [0.717, 1.165) is 29.5 Å². The number of rotatable bonds is 5. The van der Waals surface area contributed by atoms with Crippen molar-refractivity contribution < 1.29 is 13.2 Å². The van der Waals surface area contributed by atoms with Crippen LogP contribution in [-0.2, 0) is 6.18 Å². The van der Waals surface area contributed by atoms with Crippen molar-refractivity contribution in [3.05, 3.63) is 46.0 Å². The molecule has 0 aliphatic heterocycles. The topological polar surface area (TPSA) is 37.8 Å². The molecule has 0 bridgehead atoms. The summed E-state index contributed by atoms with van der Waals surface area (Å²) in [5.41, 5.74) is 0.801. The maximum absolute atomic E-state index is 12.7. The van der Waals surface area contributed by atoms with Crippen LogP contribution < -0.4 is 5.32 Å². The molecule has 0 fully saturated rings. The fourth-order valence-corrected chi connectivity index (χ4v) is 2.73. The molecule has 0 amide bonds. The smallest absolute Gasteiger partial charge is 0.305 e. The number of halogens is 3. The van der Waals surface area contributed by atoms with Gasteiger partial charge in [-0.1, -0.05) is 17.5 Å². The van der Waals surface area contributed by atoms with Crippen molar-refractivity contribution in [2.75, 3.05) is 6.54 Å². The predicted octanol–water partition coefficient (Wildman–Crippen LogP) is 3.95. The maximum Gasteiger partial charge on any atom is 0.416 e. The van der Waals surface area contributed by atoms with Crippen molar-refractivity contribution in [3.8, 4) is 0 Å². The van der Waals surface area contributed by atoms with E-state index >= 15 is 0 Å². The molecule has 0 spiro atoms. The highest BCUT2D eigenvalue weighted by Gasteiger charge is 2.31. The minimum Gasteiger partial charge on any atom is -0.305 e. The number of hydrogen-bond donors (Lipinski definition) is 1. The van der Waals surface area contributed by atoms with Gasteiger partial charge in [0.1, 0.15) is 0 Å². The van der Waals surface area contributed by atoms with E-state index in [4.69, 9.17) is 0 Å². The molecule has 0 saturated heterocycles. The van der Waals surface area contributed by atoms with Gasteiger partial charge in [0.25, 0.3) is 0 Å². The molecule has 114 valence electrons. The molecule has 21 heavy (non-hydrogen) atoms. The van der Waals surface area contributed by atoms with Crippen LogP contribution in [0.2, 0.25) is 0 Å². The number of nitrogens with one attached hydrogen (secondary N) is 1. The molecule has 0 aliphatic carbocycles. The lowest BCUT2D eigenvalue weighted by Crippen LogP contribution is -2.23. The zero-order valence-corrected chi connectivity index (χ0v) is 12.6. The van der Waals surface area contributed by atoms with Crippen LogP contribution in [0.3, 0.4) is 0 Å². The average molecular weight is 315 g/mol. The summed E-state index contributed by atoms with van der Waals surface area (Å²) < 4.78 is 42.1. The molecule has 1 atom stereocenters. The van der Waals surface area contributed by atoms with Gasteiger partial charge in [0, 0.05) is 0 Å². The molecule has 0 aliphatic rings. The molecule has 1 aromatic carbocycles. The number of nitrogens with zero attached hydrogens (tertiary/aromatic N) is 2. The first-order chi connectivity index (χ1) is 9.93. The number of aryl methyl sites for hydroxylation is 1. The normalized spacial score (nSPS) is 13.4. The summed E-state index contributed by atoms with van der Waals surface area (Å²) in [5.74, 6) is 0. The Morgan fingerprint density at radius 3 is 2.62 bits per heavy atom. The van der Waals surface area contributed by atoms with E-state index in [9.17, 15) is 13.2 Å². The zero-order valence-electron chi connectivity index (χ0n) is 11.7. The zero-order chi connectivity index (χ0) is 15.5. The monoisotopic (exact) mass is 315 g/mol. The van der Waals surface area contributed by atoms with Crippen LogP contribution in [0.4, 0.5) is 13.2 Å². The largest absolute Gasteiger partial charge is 0.416 e. The molecule has 0 saturated carbocycles. The van der Waals surface area contributed by atoms with E-state index < -0.39 is 11.7 Å². The molecule has 1 heterocycles. The summed E-state index contributed by atoms with van der Waals surface area (Å²) in [6.45, 7) is 4.50. The maximum atomic E-state index is 12.7. The van der Waals surface area contributed by atoms with Gasteiger partial charge in [0.05, 0.1) is 22.7 Å². The van der Waals surface area contributed by atoms with E-state index in [-0.39, 0.29) is 6.04 Å². The van der Waals surface area contributed by atoms with Gasteiger partial charge in [0.15, 0.2) is 0 Å². The Hall–Kier alpha value is -1.47. The van der Waals surface area contributed by atoms with Gasteiger partial charge < -0.3 is 5.32 Å². The molecule has 3 nitrogen and oxygen atoms in total. The molecular weight excluding hydrogens is 299 g/mol. The second-order valence-corrected chi connectivity index (χ2v) is 5.59. The third kappa shape index (κ3) is 3.79. The highest BCUT2D eigenvalue weighted by molar-refractivity contribution is 7.05. The van der Waals surface area contributed by atoms with E-state index in [1.54, 1.807) is 13.1 Å². The van der Waals surface area contributed by atoms with Gasteiger partial charge in [-0.15, -0.1) is 5.10 Å². The standard InChI is InChI=1S/C14H16F3N3S/c1-3-6-18-13(12-8-19-20-21-12)11-5-4-10(7-9(11)2)14(15,16)17/h4-5,7-8,13,18H,3,6H2,1-2H3. The molecule has 7 heteroatoms. The molecular formula is C14H16F3N3S. The summed E-state index contributed by atoms with van der Waals surface area (Å²) in [6, 6.07) is 3.67. The van der Waals surface area contributed by atoms with Gasteiger partial charge in [-0.2, -0.15) is 13.2 Å². The van der Waals surface area contributed by atoms with Crippen molar-refractivity contribution >= 4 is 11.5 Å². The van der Waals surface area contributed by atoms with Crippen LogP contribution in [0, 0.1) is 6.92 Å². The van der Waals surface area contributed by atoms with E-state index in [1.807, 2.05) is 6.92 Å².